The van der Waals surface area contributed by atoms with Crippen molar-refractivity contribution in [3.8, 4) is 0 Å². The van der Waals surface area contributed by atoms with Crippen molar-refractivity contribution in [2.75, 3.05) is 26.2 Å². The molecule has 0 atom stereocenters. The van der Waals surface area contributed by atoms with Crippen molar-refractivity contribution in [3.05, 3.63) is 0 Å². The van der Waals surface area contributed by atoms with Crippen LogP contribution >= 0.6 is 0 Å². The van der Waals surface area contributed by atoms with Gasteiger partial charge in [0, 0.05) is 13.7 Å². The molecule has 0 aliphatic rings. The van der Waals surface area contributed by atoms with Crippen LogP contribution in [0.2, 0.25) is 0 Å². The number of hydrogen-bond acceptors (Lipinski definition) is 3. The first-order chi connectivity index (χ1) is 9.62. The van der Waals surface area contributed by atoms with Crippen LogP contribution < -0.4 is 0 Å². The van der Waals surface area contributed by atoms with E-state index in [2.05, 4.69) is 13.8 Å². The molecule has 0 aliphatic carbocycles. The van der Waals surface area contributed by atoms with E-state index in [-0.39, 0.29) is 5.60 Å². The normalized spacial score (nSPS) is 9.71. The molecule has 0 aromatic carbocycles. The number of ether oxygens (including phenoxy) is 1. The highest BCUT2D eigenvalue weighted by Crippen LogP contribution is 2.02. The molecule has 1 N–H and O–H groups in total. The third-order valence-electron chi connectivity index (χ3n) is 2.04. The van der Waals surface area contributed by atoms with Gasteiger partial charge in [0.15, 0.2) is 0 Å². The number of unbranched alkanes of at least 4 members (excludes halogenated alkanes) is 4. The molecule has 0 aliphatic heterocycles. The van der Waals surface area contributed by atoms with E-state index in [1.165, 1.54) is 32.1 Å². The lowest BCUT2D eigenvalue weighted by atomic mass is 10.2. The molecule has 0 amide bonds. The number of rotatable bonds is 5. The highest BCUT2D eigenvalue weighted by Gasteiger charge is 2.03. The Morgan fingerprint density at radius 1 is 0.905 bits per heavy atom. The highest BCUT2D eigenvalue weighted by molar-refractivity contribution is 7.89. The molecule has 3 nitrogen and oxygen atoms in total. The summed E-state index contributed by atoms with van der Waals surface area (Å²) in [5.41, 5.74) is 0.0417. The minimum atomic E-state index is -0.611. The van der Waals surface area contributed by atoms with Crippen molar-refractivity contribution in [1.82, 2.24) is 0 Å². The van der Waals surface area contributed by atoms with Crippen LogP contribution in [0.3, 0.4) is 0 Å². The standard InChI is InChI=1S/C7H16.C5H12O.C3H8O.C2H6OS/c1-3-5-7-6-4-2;1-5(2,3)6-4;1-2-3-4;1-4(2)3/h3-7H2,1-2H3;1-4H3;4H,2-3H2,1H3;1-2H3. The molecule has 0 spiro atoms. The molecule has 0 fully saturated rings. The summed E-state index contributed by atoms with van der Waals surface area (Å²) >= 11 is -0.611. The summed E-state index contributed by atoms with van der Waals surface area (Å²) in [6.07, 6.45) is 11.2. The van der Waals surface area contributed by atoms with Crippen molar-refractivity contribution >= 4 is 11.2 Å². The van der Waals surface area contributed by atoms with Crippen molar-refractivity contribution < 1.29 is 14.4 Å². The van der Waals surface area contributed by atoms with Crippen molar-refractivity contribution in [2.45, 2.75) is 85.7 Å². The van der Waals surface area contributed by atoms with Crippen LogP contribution in [0.15, 0.2) is 0 Å². The quantitative estimate of drug-likeness (QED) is 0.583. The predicted octanol–water partition coefficient (Wildman–Crippen LogP) is 4.79. The maximum absolute atomic E-state index is 9.56. The molecule has 0 unspecified atom stereocenters. The summed E-state index contributed by atoms with van der Waals surface area (Å²) in [5, 5.41) is 7.88. The number of methoxy groups -OCH3 is 1. The zero-order valence-corrected chi connectivity index (χ0v) is 16.9. The predicted molar refractivity (Wildman–Crippen MR) is 98.6 cm³/mol. The van der Waals surface area contributed by atoms with E-state index in [1.807, 2.05) is 27.7 Å². The summed E-state index contributed by atoms with van der Waals surface area (Å²) in [6.45, 7) is 12.8. The lowest BCUT2D eigenvalue weighted by Gasteiger charge is -2.14. The fourth-order valence-corrected chi connectivity index (χ4v) is 0.677. The summed E-state index contributed by atoms with van der Waals surface area (Å²) in [6, 6.07) is 0. The molecule has 0 rings (SSSR count). The average molecular weight is 327 g/mol. The molecular weight excluding hydrogens is 284 g/mol. The van der Waals surface area contributed by atoms with Gasteiger partial charge in [-0.15, -0.1) is 0 Å². The molecule has 0 radical (unpaired) electrons. The van der Waals surface area contributed by atoms with Gasteiger partial charge < -0.3 is 14.4 Å². The van der Waals surface area contributed by atoms with E-state index in [4.69, 9.17) is 9.84 Å². The topological polar surface area (TPSA) is 52.5 Å². The van der Waals surface area contributed by atoms with Gasteiger partial charge in [-0.1, -0.05) is 64.1 Å². The van der Waals surface area contributed by atoms with E-state index in [1.54, 1.807) is 19.6 Å². The lowest BCUT2D eigenvalue weighted by Crippen LogP contribution is -2.15. The van der Waals surface area contributed by atoms with Gasteiger partial charge in [-0.25, -0.2) is 0 Å². The summed E-state index contributed by atoms with van der Waals surface area (Å²) in [5.74, 6) is 0. The van der Waals surface area contributed by atoms with Crippen molar-refractivity contribution in [2.24, 2.45) is 0 Å². The van der Waals surface area contributed by atoms with E-state index in [0.717, 1.165) is 6.42 Å². The van der Waals surface area contributed by atoms with Crippen LogP contribution in [0, 0.1) is 0 Å². The molecule has 0 saturated heterocycles. The Morgan fingerprint density at radius 3 is 1.24 bits per heavy atom. The van der Waals surface area contributed by atoms with Gasteiger partial charge in [-0.2, -0.15) is 0 Å². The number of hydrogen-bond donors (Lipinski definition) is 1. The van der Waals surface area contributed by atoms with Crippen LogP contribution in [0.25, 0.3) is 0 Å². The zero-order valence-electron chi connectivity index (χ0n) is 16.1. The third kappa shape index (κ3) is 99.3. The van der Waals surface area contributed by atoms with Crippen molar-refractivity contribution in [3.63, 3.8) is 0 Å². The molecular formula is C17H42O3S. The summed E-state index contributed by atoms with van der Waals surface area (Å²) in [4.78, 5) is 0. The van der Waals surface area contributed by atoms with E-state index in [9.17, 15) is 4.55 Å². The first-order valence-electron chi connectivity index (χ1n) is 8.03. The van der Waals surface area contributed by atoms with Crippen LogP contribution in [0.4, 0.5) is 0 Å². The third-order valence-corrected chi connectivity index (χ3v) is 2.04. The summed E-state index contributed by atoms with van der Waals surface area (Å²) in [7, 11) is 1.71. The largest absolute Gasteiger partial charge is 0.617 e. The molecule has 0 bridgehead atoms. The van der Waals surface area contributed by atoms with Crippen LogP contribution in [-0.2, 0) is 15.9 Å². The molecule has 0 aromatic heterocycles. The Kier molecular flexibility index (Phi) is 35.1. The lowest BCUT2D eigenvalue weighted by molar-refractivity contribution is 0.0397. The second kappa shape index (κ2) is 25.2. The highest BCUT2D eigenvalue weighted by atomic mass is 32.2. The Morgan fingerprint density at radius 2 is 1.14 bits per heavy atom. The van der Waals surface area contributed by atoms with E-state index < -0.39 is 11.2 Å². The second-order valence-corrected chi connectivity index (χ2v) is 7.33. The molecule has 4 heteroatoms. The van der Waals surface area contributed by atoms with Crippen LogP contribution in [0.1, 0.15) is 80.1 Å². The van der Waals surface area contributed by atoms with Gasteiger partial charge in [0.2, 0.25) is 0 Å². The van der Waals surface area contributed by atoms with Crippen molar-refractivity contribution in [1.29, 1.82) is 0 Å². The number of aliphatic hydroxyl groups is 1. The summed E-state index contributed by atoms with van der Waals surface area (Å²) < 4.78 is 14.5. The molecule has 21 heavy (non-hydrogen) atoms. The maximum atomic E-state index is 9.56. The van der Waals surface area contributed by atoms with Gasteiger partial charge in [-0.05, 0) is 27.2 Å². The van der Waals surface area contributed by atoms with Gasteiger partial charge in [0.25, 0.3) is 0 Å². The van der Waals surface area contributed by atoms with Gasteiger partial charge in [0.05, 0.1) is 18.1 Å². The maximum Gasteiger partial charge on any atom is 0.0946 e. The Hall–Kier alpha value is 0.230. The molecule has 0 aromatic rings. The van der Waals surface area contributed by atoms with Gasteiger partial charge in [0.1, 0.15) is 0 Å². The minimum absolute atomic E-state index is 0.0417. The Bertz CT molecular complexity index is 137. The Labute approximate surface area is 138 Å². The molecule has 0 saturated carbocycles. The molecule has 134 valence electrons. The monoisotopic (exact) mass is 326 g/mol. The first-order valence-corrected chi connectivity index (χ1v) is 10.00. The van der Waals surface area contributed by atoms with Gasteiger partial charge in [-0.3, -0.25) is 0 Å². The SMILES string of the molecule is CCCCCCC.CCCO.COC(C)(C)C.C[S+](C)[O-]. The van der Waals surface area contributed by atoms with Gasteiger partial charge >= 0.3 is 0 Å². The molecule has 0 heterocycles. The van der Waals surface area contributed by atoms with Crippen LogP contribution in [-0.4, -0.2) is 41.5 Å². The van der Waals surface area contributed by atoms with E-state index >= 15 is 0 Å². The smallest absolute Gasteiger partial charge is 0.0946 e. The van der Waals surface area contributed by atoms with Crippen LogP contribution in [0.5, 0.6) is 0 Å². The fraction of sp³-hybridized carbons (Fsp3) is 1.00. The van der Waals surface area contributed by atoms with E-state index in [0.29, 0.717) is 6.61 Å². The minimum Gasteiger partial charge on any atom is -0.617 e. The fourth-order valence-electron chi connectivity index (χ4n) is 0.677. The Balaban J connectivity index is -0.0000000948. The first kappa shape index (κ1) is 29.3. The zero-order chi connectivity index (χ0) is 17.7. The number of aliphatic hydroxyl groups excluding tert-OH is 1. The average Bonchev–Trinajstić information content (AvgIpc) is 2.39. The second-order valence-electron chi connectivity index (χ2n) is 5.84.